The summed E-state index contributed by atoms with van der Waals surface area (Å²) in [5.41, 5.74) is 1.14. The van der Waals surface area contributed by atoms with Crippen LogP contribution in [0.3, 0.4) is 0 Å². The van der Waals surface area contributed by atoms with Crippen LogP contribution in [0.25, 0.3) is 0 Å². The molecule has 0 unspecified atom stereocenters. The van der Waals surface area contributed by atoms with Crippen LogP contribution in [-0.4, -0.2) is 28.9 Å². The number of nitriles is 1. The molecule has 24 heavy (non-hydrogen) atoms. The van der Waals surface area contributed by atoms with Crippen LogP contribution in [0.15, 0.2) is 53.4 Å². The number of rotatable bonds is 5. The van der Waals surface area contributed by atoms with Crippen LogP contribution >= 0.6 is 0 Å². The number of ether oxygens (including phenoxy) is 1. The summed E-state index contributed by atoms with van der Waals surface area (Å²) in [5, 5.41) is 11.3. The molecule has 2 rings (SSSR count). The monoisotopic (exact) mass is 342 g/mol. The Labute approximate surface area is 141 Å². The van der Waals surface area contributed by atoms with Gasteiger partial charge in [-0.3, -0.25) is 9.00 Å². The number of anilines is 1. The number of hydrogen-bond acceptors (Lipinski definition) is 5. The van der Waals surface area contributed by atoms with Crippen LogP contribution in [0.5, 0.6) is 0 Å². The SMILES string of the molecule is C[S@@](=O)c1ccccc1C(=O)OCC(=O)Nc1ccc(C#N)cc1. The Morgan fingerprint density at radius 1 is 1.17 bits per heavy atom. The van der Waals surface area contributed by atoms with Crippen LogP contribution in [0.1, 0.15) is 15.9 Å². The number of esters is 1. The quantitative estimate of drug-likeness (QED) is 0.839. The first-order valence-corrected chi connectivity index (χ1v) is 8.46. The molecule has 7 heteroatoms. The van der Waals surface area contributed by atoms with Gasteiger partial charge in [-0.25, -0.2) is 4.79 Å². The Hall–Kier alpha value is -2.98. The van der Waals surface area contributed by atoms with Crippen LogP contribution in [0.2, 0.25) is 0 Å². The van der Waals surface area contributed by atoms with Crippen molar-refractivity contribution < 1.29 is 18.5 Å². The van der Waals surface area contributed by atoms with E-state index in [2.05, 4.69) is 5.32 Å². The maximum absolute atomic E-state index is 12.0. The van der Waals surface area contributed by atoms with Crippen LogP contribution < -0.4 is 5.32 Å². The lowest BCUT2D eigenvalue weighted by Crippen LogP contribution is -2.21. The molecule has 0 aromatic heterocycles. The normalized spacial score (nSPS) is 11.2. The van der Waals surface area contributed by atoms with Gasteiger partial charge in [0, 0.05) is 11.9 Å². The average Bonchev–Trinajstić information content (AvgIpc) is 2.60. The van der Waals surface area contributed by atoms with Crippen molar-refractivity contribution in [1.29, 1.82) is 5.26 Å². The molecule has 0 heterocycles. The molecular formula is C17H14N2O4S. The summed E-state index contributed by atoms with van der Waals surface area (Å²) in [7, 11) is -1.34. The standard InChI is InChI=1S/C17H14N2O4S/c1-24(22)15-5-3-2-4-14(15)17(21)23-11-16(20)19-13-8-6-12(10-18)7-9-13/h2-9H,11H2,1H3,(H,19,20)/t24-/m1/s1. The zero-order valence-electron chi connectivity index (χ0n) is 12.8. The highest BCUT2D eigenvalue weighted by Gasteiger charge is 2.16. The first-order chi connectivity index (χ1) is 11.5. The summed E-state index contributed by atoms with van der Waals surface area (Å²) < 4.78 is 16.6. The molecule has 0 saturated carbocycles. The maximum Gasteiger partial charge on any atom is 0.339 e. The molecule has 0 fully saturated rings. The third kappa shape index (κ3) is 4.51. The van der Waals surface area contributed by atoms with E-state index in [-0.39, 0.29) is 5.56 Å². The second kappa shape index (κ2) is 8.04. The minimum Gasteiger partial charge on any atom is -0.452 e. The van der Waals surface area contributed by atoms with Gasteiger partial charge >= 0.3 is 5.97 Å². The predicted octanol–water partition coefficient (Wildman–Crippen LogP) is 2.09. The van der Waals surface area contributed by atoms with Gasteiger partial charge < -0.3 is 10.1 Å². The van der Waals surface area contributed by atoms with E-state index in [4.69, 9.17) is 10.00 Å². The Morgan fingerprint density at radius 3 is 2.46 bits per heavy atom. The molecule has 2 aromatic carbocycles. The second-order valence-electron chi connectivity index (χ2n) is 4.76. The van der Waals surface area contributed by atoms with Crippen molar-refractivity contribution in [3.63, 3.8) is 0 Å². The Morgan fingerprint density at radius 2 is 1.83 bits per heavy atom. The number of nitrogens with one attached hydrogen (secondary N) is 1. The number of carbonyl (C=O) groups excluding carboxylic acids is 2. The van der Waals surface area contributed by atoms with Gasteiger partial charge in [0.25, 0.3) is 5.91 Å². The fourth-order valence-corrected chi connectivity index (χ4v) is 2.65. The lowest BCUT2D eigenvalue weighted by molar-refractivity contribution is -0.119. The molecule has 1 atom stereocenters. The molecule has 1 N–H and O–H groups in total. The number of carbonyl (C=O) groups is 2. The van der Waals surface area contributed by atoms with Crippen molar-refractivity contribution in [1.82, 2.24) is 0 Å². The predicted molar refractivity (Wildman–Crippen MR) is 88.8 cm³/mol. The molecule has 0 saturated heterocycles. The molecule has 0 radical (unpaired) electrons. The van der Waals surface area contributed by atoms with Crippen molar-refractivity contribution in [2.75, 3.05) is 18.2 Å². The van der Waals surface area contributed by atoms with Gasteiger partial charge in [-0.15, -0.1) is 0 Å². The highest BCUT2D eigenvalue weighted by molar-refractivity contribution is 7.84. The topological polar surface area (TPSA) is 96.3 Å². The Balaban J connectivity index is 1.95. The van der Waals surface area contributed by atoms with E-state index < -0.39 is 29.3 Å². The van der Waals surface area contributed by atoms with Gasteiger partial charge in [0.2, 0.25) is 0 Å². The van der Waals surface area contributed by atoms with Gasteiger partial charge in [-0.05, 0) is 36.4 Å². The van der Waals surface area contributed by atoms with Gasteiger partial charge in [-0.1, -0.05) is 12.1 Å². The Kier molecular flexibility index (Phi) is 5.82. The summed E-state index contributed by atoms with van der Waals surface area (Å²) in [6.07, 6.45) is 1.46. The maximum atomic E-state index is 12.0. The van der Waals surface area contributed by atoms with Gasteiger partial charge in [0.1, 0.15) is 0 Å². The molecular weight excluding hydrogens is 328 g/mol. The average molecular weight is 342 g/mol. The van der Waals surface area contributed by atoms with Crippen LogP contribution in [0, 0.1) is 11.3 Å². The molecule has 122 valence electrons. The minimum atomic E-state index is -1.34. The van der Waals surface area contributed by atoms with E-state index in [0.29, 0.717) is 16.1 Å². The molecule has 1 amide bonds. The fraction of sp³-hybridized carbons (Fsp3) is 0.118. The van der Waals surface area contributed by atoms with E-state index in [1.807, 2.05) is 6.07 Å². The largest absolute Gasteiger partial charge is 0.452 e. The van der Waals surface area contributed by atoms with Gasteiger partial charge in [-0.2, -0.15) is 5.26 Å². The first-order valence-electron chi connectivity index (χ1n) is 6.91. The second-order valence-corrected chi connectivity index (χ2v) is 6.11. The number of amides is 1. The van der Waals surface area contributed by atoms with E-state index in [1.54, 1.807) is 42.5 Å². The summed E-state index contributed by atoms with van der Waals surface area (Å²) in [4.78, 5) is 24.2. The van der Waals surface area contributed by atoms with Crippen molar-refractivity contribution in [3.8, 4) is 6.07 Å². The minimum absolute atomic E-state index is 0.171. The molecule has 0 aliphatic carbocycles. The van der Waals surface area contributed by atoms with Crippen molar-refractivity contribution in [2.45, 2.75) is 4.90 Å². The van der Waals surface area contributed by atoms with E-state index in [0.717, 1.165) is 0 Å². The number of hydrogen-bond donors (Lipinski definition) is 1. The van der Waals surface area contributed by atoms with Crippen LogP contribution in [-0.2, 0) is 20.3 Å². The summed E-state index contributed by atoms with van der Waals surface area (Å²) in [6, 6.07) is 14.6. The third-order valence-electron chi connectivity index (χ3n) is 3.05. The number of nitrogens with zero attached hydrogens (tertiary/aromatic N) is 1. The van der Waals surface area contributed by atoms with E-state index in [9.17, 15) is 13.8 Å². The molecule has 0 aliphatic heterocycles. The molecule has 0 spiro atoms. The van der Waals surface area contributed by atoms with Crippen LogP contribution in [0.4, 0.5) is 5.69 Å². The zero-order valence-corrected chi connectivity index (χ0v) is 13.6. The zero-order chi connectivity index (χ0) is 17.5. The fourth-order valence-electron chi connectivity index (χ4n) is 1.92. The van der Waals surface area contributed by atoms with Crippen molar-refractivity contribution >= 4 is 28.4 Å². The van der Waals surface area contributed by atoms with Crippen molar-refractivity contribution in [3.05, 3.63) is 59.7 Å². The molecule has 6 nitrogen and oxygen atoms in total. The smallest absolute Gasteiger partial charge is 0.339 e. The molecule has 0 bridgehead atoms. The molecule has 2 aromatic rings. The van der Waals surface area contributed by atoms with Gasteiger partial charge in [0.15, 0.2) is 6.61 Å². The lowest BCUT2D eigenvalue weighted by atomic mass is 10.2. The highest BCUT2D eigenvalue weighted by Crippen LogP contribution is 2.14. The van der Waals surface area contributed by atoms with E-state index in [1.165, 1.54) is 12.3 Å². The van der Waals surface area contributed by atoms with Gasteiger partial charge in [0.05, 0.1) is 32.9 Å². The third-order valence-corrected chi connectivity index (χ3v) is 4.02. The Bertz CT molecular complexity index is 825. The lowest BCUT2D eigenvalue weighted by Gasteiger charge is -2.08. The van der Waals surface area contributed by atoms with E-state index >= 15 is 0 Å². The summed E-state index contributed by atoms with van der Waals surface area (Å²) in [5.74, 6) is -1.22. The van der Waals surface area contributed by atoms with Crippen molar-refractivity contribution in [2.24, 2.45) is 0 Å². The summed E-state index contributed by atoms with van der Waals surface area (Å²) >= 11 is 0. The highest BCUT2D eigenvalue weighted by atomic mass is 32.2. The summed E-state index contributed by atoms with van der Waals surface area (Å²) in [6.45, 7) is -0.469. The first kappa shape index (κ1) is 17.4. The number of benzene rings is 2. The molecule has 0 aliphatic rings.